The van der Waals surface area contributed by atoms with Crippen molar-refractivity contribution in [3.05, 3.63) is 41.6 Å². The SMILES string of the molecule is Cc1nn(CC(C)(N)C(N)=O)c2nc(-c3ccc(O)cc3)cc(C(=O)O)c12. The molecule has 0 aliphatic rings. The molecule has 9 nitrogen and oxygen atoms in total. The van der Waals surface area contributed by atoms with Crippen LogP contribution in [0.15, 0.2) is 30.3 Å². The van der Waals surface area contributed by atoms with Gasteiger partial charge in [0.1, 0.15) is 11.3 Å². The molecule has 1 aromatic carbocycles. The fraction of sp³-hybridized carbons (Fsp3) is 0.222. The predicted molar refractivity (Wildman–Crippen MR) is 98.1 cm³/mol. The van der Waals surface area contributed by atoms with Crippen LogP contribution in [0.4, 0.5) is 0 Å². The number of fused-ring (bicyclic) bond motifs is 1. The molecule has 0 radical (unpaired) electrons. The molecule has 1 unspecified atom stereocenters. The van der Waals surface area contributed by atoms with Gasteiger partial charge in [0.15, 0.2) is 5.65 Å². The smallest absolute Gasteiger partial charge is 0.336 e. The Labute approximate surface area is 154 Å². The topological polar surface area (TPSA) is 157 Å². The van der Waals surface area contributed by atoms with E-state index in [1.165, 1.54) is 29.8 Å². The lowest BCUT2D eigenvalue weighted by Crippen LogP contribution is -2.52. The number of carboxylic acid groups (broad SMARTS) is 1. The Bertz CT molecular complexity index is 1050. The van der Waals surface area contributed by atoms with Crippen LogP contribution in [0.5, 0.6) is 5.75 Å². The number of aromatic nitrogens is 3. The second kappa shape index (κ2) is 6.36. The van der Waals surface area contributed by atoms with E-state index in [1.54, 1.807) is 19.1 Å². The maximum atomic E-state index is 11.8. The van der Waals surface area contributed by atoms with Crippen molar-refractivity contribution in [2.75, 3.05) is 0 Å². The lowest BCUT2D eigenvalue weighted by molar-refractivity contribution is -0.123. The minimum atomic E-state index is -1.38. The number of pyridine rings is 1. The molecule has 6 N–H and O–H groups in total. The number of amides is 1. The summed E-state index contributed by atoms with van der Waals surface area (Å²) in [7, 11) is 0. The lowest BCUT2D eigenvalue weighted by Gasteiger charge is -2.20. The van der Waals surface area contributed by atoms with Gasteiger partial charge in [0, 0.05) is 5.56 Å². The fourth-order valence-corrected chi connectivity index (χ4v) is 2.80. The van der Waals surface area contributed by atoms with Gasteiger partial charge < -0.3 is 21.7 Å². The molecular weight excluding hydrogens is 350 g/mol. The Kier molecular flexibility index (Phi) is 4.32. The minimum Gasteiger partial charge on any atom is -0.508 e. The van der Waals surface area contributed by atoms with E-state index in [1.807, 2.05) is 0 Å². The zero-order chi connectivity index (χ0) is 19.9. The molecule has 1 atom stereocenters. The molecule has 27 heavy (non-hydrogen) atoms. The van der Waals surface area contributed by atoms with Crippen molar-refractivity contribution < 1.29 is 19.8 Å². The summed E-state index contributed by atoms with van der Waals surface area (Å²) < 4.78 is 1.39. The van der Waals surface area contributed by atoms with E-state index < -0.39 is 17.4 Å². The molecule has 140 valence electrons. The van der Waals surface area contributed by atoms with Crippen LogP contribution in [0.25, 0.3) is 22.3 Å². The van der Waals surface area contributed by atoms with Gasteiger partial charge in [-0.25, -0.2) is 14.5 Å². The number of aryl methyl sites for hydroxylation is 1. The number of nitrogens with two attached hydrogens (primary N) is 2. The molecule has 3 aromatic rings. The van der Waals surface area contributed by atoms with Gasteiger partial charge in [-0.15, -0.1) is 0 Å². The number of carbonyl (C=O) groups excluding carboxylic acids is 1. The normalized spacial score (nSPS) is 13.4. The molecule has 2 heterocycles. The second-order valence-corrected chi connectivity index (χ2v) is 6.63. The first-order valence-corrected chi connectivity index (χ1v) is 8.10. The zero-order valence-corrected chi connectivity index (χ0v) is 14.8. The number of hydrogen-bond donors (Lipinski definition) is 4. The molecule has 0 saturated carbocycles. The van der Waals surface area contributed by atoms with E-state index in [-0.39, 0.29) is 23.5 Å². The van der Waals surface area contributed by atoms with Crippen LogP contribution in [0.1, 0.15) is 23.0 Å². The Hall–Kier alpha value is -3.46. The number of hydrogen-bond acceptors (Lipinski definition) is 6. The standard InChI is InChI=1S/C18H19N5O4/c1-9-14-12(16(25)26)7-13(10-3-5-11(24)6-4-10)21-15(14)23(22-9)8-18(2,20)17(19)27/h3-7,24H,8,20H2,1-2H3,(H2,19,27)(H,25,26). The van der Waals surface area contributed by atoms with Gasteiger partial charge in [-0.3, -0.25) is 4.79 Å². The van der Waals surface area contributed by atoms with Crippen LogP contribution in [-0.2, 0) is 11.3 Å². The van der Waals surface area contributed by atoms with Crippen molar-refractivity contribution in [1.82, 2.24) is 14.8 Å². The van der Waals surface area contributed by atoms with Gasteiger partial charge >= 0.3 is 5.97 Å². The number of aromatic hydroxyl groups is 1. The third kappa shape index (κ3) is 3.32. The third-order valence-electron chi connectivity index (χ3n) is 4.31. The summed E-state index contributed by atoms with van der Waals surface area (Å²) >= 11 is 0. The Morgan fingerprint density at radius 2 is 1.89 bits per heavy atom. The van der Waals surface area contributed by atoms with Crippen molar-refractivity contribution in [1.29, 1.82) is 0 Å². The van der Waals surface area contributed by atoms with E-state index in [0.29, 0.717) is 22.3 Å². The number of rotatable bonds is 5. The lowest BCUT2D eigenvalue weighted by atomic mass is 10.0. The van der Waals surface area contributed by atoms with E-state index >= 15 is 0 Å². The molecule has 3 rings (SSSR count). The van der Waals surface area contributed by atoms with Crippen LogP contribution in [0.2, 0.25) is 0 Å². The highest BCUT2D eigenvalue weighted by molar-refractivity contribution is 6.04. The molecule has 0 aliphatic carbocycles. The largest absolute Gasteiger partial charge is 0.508 e. The second-order valence-electron chi connectivity index (χ2n) is 6.63. The van der Waals surface area contributed by atoms with Crippen LogP contribution in [-0.4, -0.2) is 42.4 Å². The van der Waals surface area contributed by atoms with Gasteiger partial charge in [-0.2, -0.15) is 5.10 Å². The highest BCUT2D eigenvalue weighted by Gasteiger charge is 2.29. The Morgan fingerprint density at radius 1 is 1.26 bits per heavy atom. The van der Waals surface area contributed by atoms with Gasteiger partial charge in [0.05, 0.1) is 28.9 Å². The number of nitrogens with zero attached hydrogens (tertiary/aromatic N) is 3. The van der Waals surface area contributed by atoms with Crippen molar-refractivity contribution in [3.63, 3.8) is 0 Å². The first-order chi connectivity index (χ1) is 12.6. The summed E-state index contributed by atoms with van der Waals surface area (Å²) in [5.74, 6) is -1.76. The Morgan fingerprint density at radius 3 is 2.44 bits per heavy atom. The van der Waals surface area contributed by atoms with Gasteiger partial charge in [0.2, 0.25) is 5.91 Å². The summed E-state index contributed by atoms with van der Waals surface area (Å²) in [5.41, 5.74) is 11.7. The number of aromatic carboxylic acids is 1. The first-order valence-electron chi connectivity index (χ1n) is 8.10. The van der Waals surface area contributed by atoms with Crippen molar-refractivity contribution in [2.24, 2.45) is 11.5 Å². The van der Waals surface area contributed by atoms with E-state index in [2.05, 4.69) is 10.1 Å². The number of benzene rings is 1. The molecule has 2 aromatic heterocycles. The molecule has 9 heteroatoms. The monoisotopic (exact) mass is 369 g/mol. The Balaban J connectivity index is 2.26. The predicted octanol–water partition coefficient (Wildman–Crippen LogP) is 1.01. The van der Waals surface area contributed by atoms with E-state index in [4.69, 9.17) is 11.5 Å². The number of phenolic OH excluding ortho intramolecular Hbond substituents is 1. The molecule has 0 saturated heterocycles. The number of carboxylic acids is 1. The fourth-order valence-electron chi connectivity index (χ4n) is 2.80. The average molecular weight is 369 g/mol. The number of phenols is 1. The van der Waals surface area contributed by atoms with Crippen LogP contribution < -0.4 is 11.5 Å². The molecule has 0 fully saturated rings. The van der Waals surface area contributed by atoms with Gasteiger partial charge in [0.25, 0.3) is 0 Å². The molecule has 0 aliphatic heterocycles. The highest BCUT2D eigenvalue weighted by Crippen LogP contribution is 2.28. The molecule has 0 spiro atoms. The van der Waals surface area contributed by atoms with Gasteiger partial charge in [-0.05, 0) is 44.2 Å². The van der Waals surface area contributed by atoms with Crippen molar-refractivity contribution in [3.8, 4) is 17.0 Å². The summed E-state index contributed by atoms with van der Waals surface area (Å²) in [6, 6.07) is 7.66. The summed E-state index contributed by atoms with van der Waals surface area (Å²) in [6.07, 6.45) is 0. The van der Waals surface area contributed by atoms with Crippen molar-refractivity contribution >= 4 is 22.9 Å². The highest BCUT2D eigenvalue weighted by atomic mass is 16.4. The molecule has 0 bridgehead atoms. The zero-order valence-electron chi connectivity index (χ0n) is 14.8. The van der Waals surface area contributed by atoms with Crippen LogP contribution >= 0.6 is 0 Å². The summed E-state index contributed by atoms with van der Waals surface area (Å²) in [4.78, 5) is 27.9. The number of carbonyl (C=O) groups is 2. The van der Waals surface area contributed by atoms with Gasteiger partial charge in [-0.1, -0.05) is 0 Å². The maximum Gasteiger partial charge on any atom is 0.336 e. The molecule has 1 amide bonds. The summed E-state index contributed by atoms with van der Waals surface area (Å²) in [5, 5.41) is 23.8. The average Bonchev–Trinajstić information content (AvgIpc) is 2.89. The minimum absolute atomic E-state index is 0.0321. The number of primary amides is 1. The maximum absolute atomic E-state index is 11.8. The summed E-state index contributed by atoms with van der Waals surface area (Å²) in [6.45, 7) is 3.07. The van der Waals surface area contributed by atoms with E-state index in [9.17, 15) is 19.8 Å². The van der Waals surface area contributed by atoms with Crippen LogP contribution in [0.3, 0.4) is 0 Å². The van der Waals surface area contributed by atoms with Crippen LogP contribution in [0, 0.1) is 6.92 Å². The molecular formula is C18H19N5O4. The van der Waals surface area contributed by atoms with Crippen molar-refractivity contribution in [2.45, 2.75) is 25.9 Å². The quantitative estimate of drug-likeness (QED) is 0.522. The first kappa shape index (κ1) is 18.3. The third-order valence-corrected chi connectivity index (χ3v) is 4.31. The van der Waals surface area contributed by atoms with E-state index in [0.717, 1.165) is 0 Å².